The summed E-state index contributed by atoms with van der Waals surface area (Å²) in [6.07, 6.45) is 2.97. The van der Waals surface area contributed by atoms with Crippen molar-refractivity contribution in [1.82, 2.24) is 5.32 Å². The van der Waals surface area contributed by atoms with Gasteiger partial charge in [-0.05, 0) is 25.3 Å². The highest BCUT2D eigenvalue weighted by Crippen LogP contribution is 2.40. The molecule has 2 rings (SSSR count). The van der Waals surface area contributed by atoms with Gasteiger partial charge in [0.15, 0.2) is 0 Å². The van der Waals surface area contributed by atoms with Crippen molar-refractivity contribution < 1.29 is 4.79 Å². The monoisotopic (exact) mass is 232 g/mol. The molecule has 1 saturated carbocycles. The second-order valence-electron chi connectivity index (χ2n) is 4.94. The average molecular weight is 232 g/mol. The SMILES string of the molecule is C[C@@H](NC(=O)C1(CN)CCC1)c1ccccc1. The van der Waals surface area contributed by atoms with Crippen LogP contribution in [0.15, 0.2) is 30.3 Å². The fraction of sp³-hybridized carbons (Fsp3) is 0.500. The van der Waals surface area contributed by atoms with E-state index in [0.717, 1.165) is 24.8 Å². The number of nitrogens with one attached hydrogen (secondary N) is 1. The summed E-state index contributed by atoms with van der Waals surface area (Å²) < 4.78 is 0. The van der Waals surface area contributed by atoms with Gasteiger partial charge in [-0.15, -0.1) is 0 Å². The average Bonchev–Trinajstić information content (AvgIpc) is 2.29. The van der Waals surface area contributed by atoms with E-state index in [-0.39, 0.29) is 17.4 Å². The largest absolute Gasteiger partial charge is 0.349 e. The lowest BCUT2D eigenvalue weighted by atomic mass is 9.68. The molecule has 1 aliphatic carbocycles. The molecule has 1 aromatic rings. The number of benzene rings is 1. The summed E-state index contributed by atoms with van der Waals surface area (Å²) in [6, 6.07) is 10.1. The molecule has 0 aliphatic heterocycles. The highest BCUT2D eigenvalue weighted by Gasteiger charge is 2.43. The summed E-state index contributed by atoms with van der Waals surface area (Å²) in [5.41, 5.74) is 6.57. The van der Waals surface area contributed by atoms with Crippen molar-refractivity contribution in [3.05, 3.63) is 35.9 Å². The zero-order valence-electron chi connectivity index (χ0n) is 10.3. The molecular weight excluding hydrogens is 212 g/mol. The van der Waals surface area contributed by atoms with Crippen LogP contribution < -0.4 is 11.1 Å². The number of hydrogen-bond acceptors (Lipinski definition) is 2. The van der Waals surface area contributed by atoms with Crippen LogP contribution in [0, 0.1) is 5.41 Å². The van der Waals surface area contributed by atoms with Crippen molar-refractivity contribution in [3.63, 3.8) is 0 Å². The topological polar surface area (TPSA) is 55.1 Å². The molecule has 3 heteroatoms. The van der Waals surface area contributed by atoms with Gasteiger partial charge in [0.2, 0.25) is 5.91 Å². The highest BCUT2D eigenvalue weighted by atomic mass is 16.2. The summed E-state index contributed by atoms with van der Waals surface area (Å²) in [4.78, 5) is 12.2. The molecule has 1 aromatic carbocycles. The Hall–Kier alpha value is -1.35. The summed E-state index contributed by atoms with van der Waals surface area (Å²) in [7, 11) is 0. The normalized spacial score (nSPS) is 19.2. The molecular formula is C14H20N2O. The maximum absolute atomic E-state index is 12.2. The Morgan fingerprint density at radius 1 is 1.41 bits per heavy atom. The number of carbonyl (C=O) groups excluding carboxylic acids is 1. The van der Waals surface area contributed by atoms with Crippen molar-refractivity contribution in [2.75, 3.05) is 6.54 Å². The van der Waals surface area contributed by atoms with Crippen LogP contribution in [-0.4, -0.2) is 12.5 Å². The maximum atomic E-state index is 12.2. The minimum Gasteiger partial charge on any atom is -0.349 e. The molecule has 0 radical (unpaired) electrons. The van der Waals surface area contributed by atoms with Crippen molar-refractivity contribution in [2.45, 2.75) is 32.2 Å². The predicted octanol–water partition coefficient (Wildman–Crippen LogP) is 1.99. The molecule has 1 fully saturated rings. The number of carbonyl (C=O) groups is 1. The Balaban J connectivity index is 1.99. The van der Waals surface area contributed by atoms with Crippen molar-refractivity contribution in [1.29, 1.82) is 0 Å². The fourth-order valence-electron chi connectivity index (χ4n) is 2.30. The van der Waals surface area contributed by atoms with Crippen LogP contribution in [0.25, 0.3) is 0 Å². The van der Waals surface area contributed by atoms with E-state index < -0.39 is 0 Å². The second kappa shape index (κ2) is 4.88. The van der Waals surface area contributed by atoms with Crippen LogP contribution in [-0.2, 0) is 4.79 Å². The van der Waals surface area contributed by atoms with Crippen LogP contribution in [0.4, 0.5) is 0 Å². The van der Waals surface area contributed by atoms with Crippen molar-refractivity contribution in [2.24, 2.45) is 11.1 Å². The lowest BCUT2D eigenvalue weighted by Gasteiger charge is -2.39. The Morgan fingerprint density at radius 2 is 2.06 bits per heavy atom. The van der Waals surface area contributed by atoms with Crippen LogP contribution in [0.3, 0.4) is 0 Å². The molecule has 92 valence electrons. The lowest BCUT2D eigenvalue weighted by Crippen LogP contribution is -2.50. The zero-order chi connectivity index (χ0) is 12.3. The van der Waals surface area contributed by atoms with Gasteiger partial charge >= 0.3 is 0 Å². The van der Waals surface area contributed by atoms with Gasteiger partial charge < -0.3 is 11.1 Å². The fourth-order valence-corrected chi connectivity index (χ4v) is 2.30. The first-order valence-electron chi connectivity index (χ1n) is 6.24. The molecule has 0 heterocycles. The van der Waals surface area contributed by atoms with Crippen LogP contribution >= 0.6 is 0 Å². The van der Waals surface area contributed by atoms with E-state index in [2.05, 4.69) is 5.32 Å². The van der Waals surface area contributed by atoms with Gasteiger partial charge in [0.25, 0.3) is 0 Å². The number of hydrogen-bond donors (Lipinski definition) is 2. The van der Waals surface area contributed by atoms with Gasteiger partial charge in [0, 0.05) is 6.54 Å². The highest BCUT2D eigenvalue weighted by molar-refractivity contribution is 5.84. The minimum absolute atomic E-state index is 0.0488. The van der Waals surface area contributed by atoms with Crippen LogP contribution in [0.2, 0.25) is 0 Å². The predicted molar refractivity (Wildman–Crippen MR) is 68.3 cm³/mol. The summed E-state index contributed by atoms with van der Waals surface area (Å²) in [6.45, 7) is 2.47. The first kappa shape index (κ1) is 12.1. The number of rotatable bonds is 4. The molecule has 0 aromatic heterocycles. The molecule has 1 amide bonds. The quantitative estimate of drug-likeness (QED) is 0.834. The minimum atomic E-state index is -0.289. The molecule has 0 spiro atoms. The Kier molecular flexibility index (Phi) is 3.48. The smallest absolute Gasteiger partial charge is 0.227 e. The van der Waals surface area contributed by atoms with E-state index in [9.17, 15) is 4.79 Å². The van der Waals surface area contributed by atoms with Crippen LogP contribution in [0.5, 0.6) is 0 Å². The van der Waals surface area contributed by atoms with E-state index in [1.807, 2.05) is 37.3 Å². The summed E-state index contributed by atoms with van der Waals surface area (Å²) >= 11 is 0. The first-order valence-corrected chi connectivity index (χ1v) is 6.24. The van der Waals surface area contributed by atoms with E-state index in [0.29, 0.717) is 6.54 Å². The van der Waals surface area contributed by atoms with E-state index in [1.165, 1.54) is 0 Å². The molecule has 0 saturated heterocycles. The van der Waals surface area contributed by atoms with Gasteiger partial charge in [-0.1, -0.05) is 36.8 Å². The second-order valence-corrected chi connectivity index (χ2v) is 4.94. The van der Waals surface area contributed by atoms with Crippen LogP contribution in [0.1, 0.15) is 37.8 Å². The third-order valence-electron chi connectivity index (χ3n) is 3.83. The first-order chi connectivity index (χ1) is 8.18. The molecule has 0 bridgehead atoms. The lowest BCUT2D eigenvalue weighted by molar-refractivity contribution is -0.135. The van der Waals surface area contributed by atoms with Gasteiger partial charge in [-0.25, -0.2) is 0 Å². The number of amides is 1. The zero-order valence-corrected chi connectivity index (χ0v) is 10.3. The Bertz CT molecular complexity index is 379. The van der Waals surface area contributed by atoms with Gasteiger partial charge in [-0.3, -0.25) is 4.79 Å². The Labute approximate surface area is 102 Å². The summed E-state index contributed by atoms with van der Waals surface area (Å²) in [5.74, 6) is 0.114. The Morgan fingerprint density at radius 3 is 2.53 bits per heavy atom. The van der Waals surface area contributed by atoms with E-state index in [1.54, 1.807) is 0 Å². The third-order valence-corrected chi connectivity index (χ3v) is 3.83. The molecule has 0 unspecified atom stereocenters. The standard InChI is InChI=1S/C14H20N2O/c1-11(12-6-3-2-4-7-12)16-13(17)14(10-15)8-5-9-14/h2-4,6-7,11H,5,8-10,15H2,1H3,(H,16,17)/t11-/m1/s1. The molecule has 1 aliphatic rings. The van der Waals surface area contributed by atoms with Gasteiger partial charge in [-0.2, -0.15) is 0 Å². The van der Waals surface area contributed by atoms with Crippen molar-refractivity contribution in [3.8, 4) is 0 Å². The third kappa shape index (κ3) is 2.34. The maximum Gasteiger partial charge on any atom is 0.227 e. The molecule has 1 atom stereocenters. The van der Waals surface area contributed by atoms with Crippen molar-refractivity contribution >= 4 is 5.91 Å². The summed E-state index contributed by atoms with van der Waals surface area (Å²) in [5, 5.41) is 3.07. The molecule has 3 N–H and O–H groups in total. The van der Waals surface area contributed by atoms with E-state index in [4.69, 9.17) is 5.73 Å². The molecule has 3 nitrogen and oxygen atoms in total. The van der Waals surface area contributed by atoms with Gasteiger partial charge in [0.05, 0.1) is 11.5 Å². The van der Waals surface area contributed by atoms with Gasteiger partial charge in [0.1, 0.15) is 0 Å². The number of nitrogens with two attached hydrogens (primary N) is 1. The van der Waals surface area contributed by atoms with E-state index >= 15 is 0 Å². The molecule has 17 heavy (non-hydrogen) atoms.